The van der Waals surface area contributed by atoms with Gasteiger partial charge in [-0.15, -0.1) is 0 Å². The molecule has 2 heterocycles. The summed E-state index contributed by atoms with van der Waals surface area (Å²) in [5, 5.41) is 3.92. The van der Waals surface area contributed by atoms with Crippen LogP contribution in [0.25, 0.3) is 16.6 Å². The fourth-order valence-corrected chi connectivity index (χ4v) is 3.88. The van der Waals surface area contributed by atoms with Crippen molar-refractivity contribution in [3.63, 3.8) is 0 Å². The molecule has 4 rings (SSSR count). The van der Waals surface area contributed by atoms with Crippen molar-refractivity contribution in [2.24, 2.45) is 0 Å². The molecule has 2 aromatic heterocycles. The van der Waals surface area contributed by atoms with E-state index >= 15 is 0 Å². The van der Waals surface area contributed by atoms with E-state index in [1.807, 2.05) is 71.6 Å². The van der Waals surface area contributed by atoms with E-state index in [9.17, 15) is 9.59 Å². The van der Waals surface area contributed by atoms with Crippen molar-refractivity contribution < 1.29 is 4.79 Å². The monoisotopic (exact) mass is 388 g/mol. The van der Waals surface area contributed by atoms with Crippen molar-refractivity contribution in [2.75, 3.05) is 5.32 Å². The van der Waals surface area contributed by atoms with Gasteiger partial charge >= 0.3 is 0 Å². The number of carbonyl (C=O) groups is 1. The first-order valence-electron chi connectivity index (χ1n) is 9.93. The number of benzene rings is 2. The van der Waals surface area contributed by atoms with E-state index in [1.54, 1.807) is 0 Å². The fraction of sp³-hybridized carbons (Fsp3) is 0.261. The minimum Gasteiger partial charge on any atom is -0.324 e. The van der Waals surface area contributed by atoms with E-state index in [-0.39, 0.29) is 11.5 Å². The van der Waals surface area contributed by atoms with Crippen LogP contribution in [0.5, 0.6) is 0 Å². The largest absolute Gasteiger partial charge is 0.324 e. The number of aromatic nitrogens is 3. The Bertz CT molecular complexity index is 1270. The number of aryl methyl sites for hydroxylation is 2. The van der Waals surface area contributed by atoms with Crippen LogP contribution in [-0.2, 0) is 11.2 Å². The van der Waals surface area contributed by atoms with Gasteiger partial charge in [0.05, 0.1) is 5.52 Å². The highest BCUT2D eigenvalue weighted by molar-refractivity contribution is 5.97. The third kappa shape index (κ3) is 3.31. The zero-order valence-corrected chi connectivity index (χ0v) is 16.8. The predicted octanol–water partition coefficient (Wildman–Crippen LogP) is 4.11. The number of para-hydroxylation sites is 1. The normalized spacial score (nSPS) is 12.4. The number of carbonyl (C=O) groups excluding carboxylic acids is 1. The molecule has 0 bridgehead atoms. The smallest absolute Gasteiger partial charge is 0.273 e. The van der Waals surface area contributed by atoms with Gasteiger partial charge in [-0.3, -0.25) is 14.3 Å². The minimum atomic E-state index is -0.453. The van der Waals surface area contributed by atoms with Gasteiger partial charge in [0.1, 0.15) is 6.04 Å². The fourth-order valence-electron chi connectivity index (χ4n) is 3.88. The van der Waals surface area contributed by atoms with Gasteiger partial charge in [-0.1, -0.05) is 38.1 Å². The molecule has 2 aromatic carbocycles. The third-order valence-corrected chi connectivity index (χ3v) is 5.28. The molecule has 0 aliphatic heterocycles. The molecule has 0 saturated heterocycles. The molecule has 29 heavy (non-hydrogen) atoms. The Kier molecular flexibility index (Phi) is 4.92. The van der Waals surface area contributed by atoms with Crippen LogP contribution in [0.3, 0.4) is 0 Å². The van der Waals surface area contributed by atoms with Crippen LogP contribution >= 0.6 is 0 Å². The van der Waals surface area contributed by atoms with Crippen molar-refractivity contribution >= 4 is 28.1 Å². The van der Waals surface area contributed by atoms with Crippen LogP contribution < -0.4 is 10.9 Å². The lowest BCUT2D eigenvalue weighted by atomic mass is 10.1. The van der Waals surface area contributed by atoms with Gasteiger partial charge in [0, 0.05) is 22.8 Å². The molecule has 0 fully saturated rings. The summed E-state index contributed by atoms with van der Waals surface area (Å²) >= 11 is 0. The first-order valence-corrected chi connectivity index (χ1v) is 9.93. The van der Waals surface area contributed by atoms with Gasteiger partial charge in [-0.25, -0.2) is 4.52 Å². The Morgan fingerprint density at radius 3 is 2.66 bits per heavy atom. The number of nitrogens with zero attached hydrogens (tertiary/aromatic N) is 3. The van der Waals surface area contributed by atoms with Crippen LogP contribution in [0, 0.1) is 6.92 Å². The number of anilines is 1. The van der Waals surface area contributed by atoms with Gasteiger partial charge in [0.25, 0.3) is 5.56 Å². The predicted molar refractivity (Wildman–Crippen MR) is 115 cm³/mol. The zero-order valence-electron chi connectivity index (χ0n) is 16.8. The Hall–Kier alpha value is -3.41. The maximum absolute atomic E-state index is 13.3. The van der Waals surface area contributed by atoms with Crippen molar-refractivity contribution in [1.82, 2.24) is 14.2 Å². The van der Waals surface area contributed by atoms with Crippen molar-refractivity contribution in [2.45, 2.75) is 39.7 Å². The summed E-state index contributed by atoms with van der Waals surface area (Å²) in [6, 6.07) is 16.7. The van der Waals surface area contributed by atoms with Crippen molar-refractivity contribution in [3.8, 4) is 0 Å². The lowest BCUT2D eigenvalue weighted by molar-refractivity contribution is -0.119. The molecular formula is C23H24N4O2. The lowest BCUT2D eigenvalue weighted by Gasteiger charge is -2.20. The van der Waals surface area contributed by atoms with E-state index in [0.717, 1.165) is 28.7 Å². The summed E-state index contributed by atoms with van der Waals surface area (Å²) in [7, 11) is 0. The second kappa shape index (κ2) is 7.54. The van der Waals surface area contributed by atoms with Crippen molar-refractivity contribution in [3.05, 3.63) is 76.2 Å². The molecule has 6 nitrogen and oxygen atoms in total. The van der Waals surface area contributed by atoms with Gasteiger partial charge in [0.15, 0.2) is 5.65 Å². The van der Waals surface area contributed by atoms with Gasteiger partial charge in [-0.05, 0) is 49.6 Å². The molecule has 0 saturated carbocycles. The molecule has 4 aromatic rings. The zero-order chi connectivity index (χ0) is 20.5. The Morgan fingerprint density at radius 1 is 1.10 bits per heavy atom. The summed E-state index contributed by atoms with van der Waals surface area (Å²) < 4.78 is 3.83. The minimum absolute atomic E-state index is 0.0958. The number of amides is 1. The average molecular weight is 388 g/mol. The quantitative estimate of drug-likeness (QED) is 0.559. The molecular weight excluding hydrogens is 364 g/mol. The Balaban J connectivity index is 1.86. The number of hydrogen-bond donors (Lipinski definition) is 1. The van der Waals surface area contributed by atoms with Crippen LogP contribution in [-0.4, -0.2) is 20.1 Å². The first-order chi connectivity index (χ1) is 14.0. The van der Waals surface area contributed by atoms with Crippen molar-refractivity contribution in [1.29, 1.82) is 0 Å². The van der Waals surface area contributed by atoms with Crippen LogP contribution in [0.4, 0.5) is 5.69 Å². The molecule has 0 radical (unpaired) electrons. The molecule has 0 unspecified atom stereocenters. The Morgan fingerprint density at radius 2 is 1.90 bits per heavy atom. The van der Waals surface area contributed by atoms with Gasteiger partial charge < -0.3 is 5.32 Å². The standard InChI is InChI=1S/C23H24N4O2/c1-4-16-9-8-10-17(14-16)24-23(29)19(5-2)27-20-12-7-6-11-18(20)22-25-21(28)13-15(3)26(22)27/h6-14,19H,4-5H2,1-3H3,(H,24,29)/t19-/m1/s1. The summed E-state index contributed by atoms with van der Waals surface area (Å²) in [5.41, 5.74) is 3.87. The van der Waals surface area contributed by atoms with Crippen LogP contribution in [0.15, 0.2) is 59.4 Å². The number of hydrogen-bond acceptors (Lipinski definition) is 3. The topological polar surface area (TPSA) is 68.4 Å². The van der Waals surface area contributed by atoms with E-state index in [2.05, 4.69) is 17.2 Å². The highest BCUT2D eigenvalue weighted by Gasteiger charge is 2.25. The van der Waals surface area contributed by atoms with E-state index in [1.165, 1.54) is 11.6 Å². The third-order valence-electron chi connectivity index (χ3n) is 5.28. The number of fused-ring (bicyclic) bond motifs is 3. The lowest BCUT2D eigenvalue weighted by Crippen LogP contribution is -2.29. The first kappa shape index (κ1) is 18.9. The Labute approximate surface area is 168 Å². The summed E-state index contributed by atoms with van der Waals surface area (Å²) in [6.07, 6.45) is 1.50. The van der Waals surface area contributed by atoms with Gasteiger partial charge in [0.2, 0.25) is 5.91 Å². The summed E-state index contributed by atoms with van der Waals surface area (Å²) in [6.45, 7) is 5.93. The highest BCUT2D eigenvalue weighted by atomic mass is 16.2. The van der Waals surface area contributed by atoms with Crippen LogP contribution in [0.1, 0.15) is 37.6 Å². The molecule has 1 N–H and O–H groups in total. The van der Waals surface area contributed by atoms with Crippen LogP contribution in [0.2, 0.25) is 0 Å². The number of rotatable bonds is 5. The van der Waals surface area contributed by atoms with E-state index in [4.69, 9.17) is 0 Å². The maximum atomic E-state index is 13.3. The average Bonchev–Trinajstić information content (AvgIpc) is 3.03. The molecule has 148 valence electrons. The summed E-state index contributed by atoms with van der Waals surface area (Å²) in [5.74, 6) is -0.0958. The maximum Gasteiger partial charge on any atom is 0.273 e. The highest BCUT2D eigenvalue weighted by Crippen LogP contribution is 2.27. The second-order valence-electron chi connectivity index (χ2n) is 7.20. The van der Waals surface area contributed by atoms with E-state index in [0.29, 0.717) is 12.1 Å². The number of nitrogens with one attached hydrogen (secondary N) is 1. The molecule has 6 heteroatoms. The van der Waals surface area contributed by atoms with Gasteiger partial charge in [-0.2, -0.15) is 4.98 Å². The summed E-state index contributed by atoms with van der Waals surface area (Å²) in [4.78, 5) is 29.5. The second-order valence-corrected chi connectivity index (χ2v) is 7.20. The molecule has 0 aliphatic carbocycles. The molecule has 1 atom stereocenters. The molecule has 0 spiro atoms. The molecule has 0 aliphatic rings. The van der Waals surface area contributed by atoms with E-state index < -0.39 is 6.04 Å². The molecule has 1 amide bonds. The SMILES string of the molecule is CCc1cccc(NC(=O)[C@@H](CC)n2c3ccccc3c3nc(=O)cc(C)n32)c1.